The molecule has 1 aromatic carbocycles. The third-order valence-electron chi connectivity index (χ3n) is 3.54. The van der Waals surface area contributed by atoms with Crippen LogP contribution in [0.25, 0.3) is 0 Å². The molecule has 1 unspecified atom stereocenters. The monoisotopic (exact) mass is 247 g/mol. The first-order valence-electron chi connectivity index (χ1n) is 6.48. The molecule has 0 saturated carbocycles. The van der Waals surface area contributed by atoms with E-state index in [1.807, 2.05) is 13.1 Å². The van der Waals surface area contributed by atoms with Crippen molar-refractivity contribution in [3.8, 4) is 0 Å². The highest BCUT2D eigenvalue weighted by molar-refractivity contribution is 5.81. The molecule has 1 aliphatic rings. The van der Waals surface area contributed by atoms with Crippen molar-refractivity contribution in [3.05, 3.63) is 29.8 Å². The zero-order valence-electron chi connectivity index (χ0n) is 11.1. The Bertz CT molecular complexity index is 419. The first-order valence-corrected chi connectivity index (χ1v) is 6.48. The molecule has 4 nitrogen and oxygen atoms in total. The average molecular weight is 247 g/mol. The van der Waals surface area contributed by atoms with E-state index < -0.39 is 0 Å². The van der Waals surface area contributed by atoms with E-state index in [4.69, 9.17) is 0 Å². The summed E-state index contributed by atoms with van der Waals surface area (Å²) >= 11 is 0. The lowest BCUT2D eigenvalue weighted by Crippen LogP contribution is -2.36. The van der Waals surface area contributed by atoms with Gasteiger partial charge in [-0.2, -0.15) is 0 Å². The number of hydrogen-bond acceptors (Lipinski definition) is 3. The zero-order chi connectivity index (χ0) is 13.0. The first kappa shape index (κ1) is 12.9. The van der Waals surface area contributed by atoms with Crippen molar-refractivity contribution in [2.24, 2.45) is 0 Å². The lowest BCUT2D eigenvalue weighted by Gasteiger charge is -2.24. The van der Waals surface area contributed by atoms with Crippen LogP contribution in [0.3, 0.4) is 0 Å². The van der Waals surface area contributed by atoms with E-state index in [1.165, 1.54) is 11.3 Å². The second-order valence-corrected chi connectivity index (χ2v) is 4.64. The second-order valence-electron chi connectivity index (χ2n) is 4.64. The van der Waals surface area contributed by atoms with Crippen LogP contribution in [-0.4, -0.2) is 33.1 Å². The van der Waals surface area contributed by atoms with Gasteiger partial charge < -0.3 is 15.5 Å². The lowest BCUT2D eigenvalue weighted by molar-refractivity contribution is -0.119. The highest BCUT2D eigenvalue weighted by atomic mass is 16.1. The Morgan fingerprint density at radius 3 is 2.89 bits per heavy atom. The Hall–Kier alpha value is -1.55. The highest BCUT2D eigenvalue weighted by Gasteiger charge is 2.22. The summed E-state index contributed by atoms with van der Waals surface area (Å²) < 4.78 is 0. The van der Waals surface area contributed by atoms with Crippen LogP contribution >= 0.6 is 0 Å². The van der Waals surface area contributed by atoms with Crippen molar-refractivity contribution in [2.45, 2.75) is 18.9 Å². The standard InChI is InChI=1S/C14H21N3O/c1-15-12-7-5-9-17(10-14(18)16-2)13-8-4-3-6-11(12)13/h3-4,6,8,12,15H,5,7,9-10H2,1-2H3,(H,16,18). The predicted octanol–water partition coefficient (Wildman–Crippen LogP) is 1.29. The summed E-state index contributed by atoms with van der Waals surface area (Å²) in [6, 6.07) is 8.74. The van der Waals surface area contributed by atoms with Crippen LogP contribution in [0.5, 0.6) is 0 Å². The maximum absolute atomic E-state index is 11.6. The van der Waals surface area contributed by atoms with Crippen molar-refractivity contribution < 1.29 is 4.79 Å². The summed E-state index contributed by atoms with van der Waals surface area (Å²) in [6.45, 7) is 1.37. The van der Waals surface area contributed by atoms with Gasteiger partial charge in [0.05, 0.1) is 6.54 Å². The van der Waals surface area contributed by atoms with E-state index in [0.717, 1.165) is 19.4 Å². The molecular weight excluding hydrogens is 226 g/mol. The number of likely N-dealkylation sites (N-methyl/N-ethyl adjacent to an activating group) is 1. The van der Waals surface area contributed by atoms with E-state index in [9.17, 15) is 4.79 Å². The van der Waals surface area contributed by atoms with E-state index in [2.05, 4.69) is 33.7 Å². The van der Waals surface area contributed by atoms with Gasteiger partial charge in [0.15, 0.2) is 0 Å². The molecule has 18 heavy (non-hydrogen) atoms. The van der Waals surface area contributed by atoms with Crippen LogP contribution in [-0.2, 0) is 4.79 Å². The molecule has 0 saturated heterocycles. The summed E-state index contributed by atoms with van der Waals surface area (Å²) in [5, 5.41) is 6.05. The van der Waals surface area contributed by atoms with Gasteiger partial charge in [-0.05, 0) is 31.5 Å². The molecule has 98 valence electrons. The van der Waals surface area contributed by atoms with Gasteiger partial charge >= 0.3 is 0 Å². The minimum absolute atomic E-state index is 0.0627. The lowest BCUT2D eigenvalue weighted by atomic mass is 10.0. The molecule has 2 rings (SSSR count). The molecule has 0 spiro atoms. The van der Waals surface area contributed by atoms with Crippen LogP contribution in [0.4, 0.5) is 5.69 Å². The molecular formula is C14H21N3O. The van der Waals surface area contributed by atoms with E-state index in [1.54, 1.807) is 7.05 Å². The highest BCUT2D eigenvalue weighted by Crippen LogP contribution is 2.32. The maximum atomic E-state index is 11.6. The quantitative estimate of drug-likeness (QED) is 0.846. The molecule has 2 N–H and O–H groups in total. The molecule has 0 aromatic heterocycles. The number of para-hydroxylation sites is 1. The van der Waals surface area contributed by atoms with E-state index in [0.29, 0.717) is 12.6 Å². The fraction of sp³-hybridized carbons (Fsp3) is 0.500. The van der Waals surface area contributed by atoms with Gasteiger partial charge in [-0.15, -0.1) is 0 Å². The van der Waals surface area contributed by atoms with Gasteiger partial charge in [0, 0.05) is 25.3 Å². The Labute approximate surface area is 108 Å². The van der Waals surface area contributed by atoms with Crippen molar-refractivity contribution in [1.82, 2.24) is 10.6 Å². The fourth-order valence-electron chi connectivity index (χ4n) is 2.55. The molecule has 4 heteroatoms. The summed E-state index contributed by atoms with van der Waals surface area (Å²) in [7, 11) is 3.68. The maximum Gasteiger partial charge on any atom is 0.239 e. The first-order chi connectivity index (χ1) is 8.76. The number of anilines is 1. The minimum atomic E-state index is 0.0627. The van der Waals surface area contributed by atoms with Crippen LogP contribution in [0, 0.1) is 0 Å². The minimum Gasteiger partial charge on any atom is -0.362 e. The Morgan fingerprint density at radius 2 is 2.17 bits per heavy atom. The van der Waals surface area contributed by atoms with Gasteiger partial charge in [-0.1, -0.05) is 18.2 Å². The van der Waals surface area contributed by atoms with E-state index in [-0.39, 0.29) is 5.91 Å². The summed E-state index contributed by atoms with van der Waals surface area (Å²) in [6.07, 6.45) is 2.20. The van der Waals surface area contributed by atoms with Crippen molar-refractivity contribution >= 4 is 11.6 Å². The largest absolute Gasteiger partial charge is 0.362 e. The normalized spacial score (nSPS) is 19.0. The SMILES string of the molecule is CNC(=O)CN1CCCC(NC)c2ccccc21. The number of carbonyl (C=O) groups is 1. The van der Waals surface area contributed by atoms with Crippen LogP contribution in [0.15, 0.2) is 24.3 Å². The Balaban J connectivity index is 2.29. The van der Waals surface area contributed by atoms with Crippen molar-refractivity contribution in [3.63, 3.8) is 0 Å². The fourth-order valence-corrected chi connectivity index (χ4v) is 2.55. The molecule has 1 aliphatic heterocycles. The molecule has 1 atom stereocenters. The van der Waals surface area contributed by atoms with Gasteiger partial charge in [0.25, 0.3) is 0 Å². The molecule has 0 radical (unpaired) electrons. The van der Waals surface area contributed by atoms with Gasteiger partial charge in [0.1, 0.15) is 0 Å². The molecule has 0 bridgehead atoms. The topological polar surface area (TPSA) is 44.4 Å². The molecule has 0 fully saturated rings. The van der Waals surface area contributed by atoms with Crippen LogP contribution in [0.2, 0.25) is 0 Å². The summed E-state index contributed by atoms with van der Waals surface area (Å²) in [5.41, 5.74) is 2.47. The zero-order valence-corrected chi connectivity index (χ0v) is 11.1. The predicted molar refractivity (Wildman–Crippen MR) is 73.8 cm³/mol. The summed E-state index contributed by atoms with van der Waals surface area (Å²) in [5.74, 6) is 0.0627. The summed E-state index contributed by atoms with van der Waals surface area (Å²) in [4.78, 5) is 13.8. The Morgan fingerprint density at radius 1 is 1.39 bits per heavy atom. The Kier molecular flexibility index (Phi) is 4.20. The molecule has 1 amide bonds. The van der Waals surface area contributed by atoms with Crippen molar-refractivity contribution in [1.29, 1.82) is 0 Å². The average Bonchev–Trinajstić information content (AvgIpc) is 2.58. The van der Waals surface area contributed by atoms with E-state index >= 15 is 0 Å². The number of carbonyl (C=O) groups excluding carboxylic acids is 1. The third-order valence-corrected chi connectivity index (χ3v) is 3.54. The number of amides is 1. The smallest absolute Gasteiger partial charge is 0.239 e. The number of nitrogens with one attached hydrogen (secondary N) is 2. The number of benzene rings is 1. The van der Waals surface area contributed by atoms with Gasteiger partial charge in [-0.3, -0.25) is 4.79 Å². The van der Waals surface area contributed by atoms with Gasteiger partial charge in [0.2, 0.25) is 5.91 Å². The van der Waals surface area contributed by atoms with Crippen molar-refractivity contribution in [2.75, 3.05) is 32.1 Å². The number of fused-ring (bicyclic) bond motifs is 1. The van der Waals surface area contributed by atoms with Crippen LogP contribution < -0.4 is 15.5 Å². The number of nitrogens with zero attached hydrogens (tertiary/aromatic N) is 1. The molecule has 0 aliphatic carbocycles. The van der Waals surface area contributed by atoms with Gasteiger partial charge in [-0.25, -0.2) is 0 Å². The molecule has 1 aromatic rings. The second kappa shape index (κ2) is 5.87. The number of hydrogen-bond donors (Lipinski definition) is 2. The third kappa shape index (κ3) is 2.64. The molecule has 1 heterocycles. The van der Waals surface area contributed by atoms with Crippen LogP contribution in [0.1, 0.15) is 24.4 Å². The number of rotatable bonds is 3.